The predicted molar refractivity (Wildman–Crippen MR) is 113 cm³/mol. The van der Waals surface area contributed by atoms with Gasteiger partial charge in [0.1, 0.15) is 0 Å². The number of carbonyl (C=O) groups excluding carboxylic acids is 3. The molecular formula is C22H26N4O4. The quantitative estimate of drug-likeness (QED) is 0.808. The van der Waals surface area contributed by atoms with Crippen molar-refractivity contribution in [1.82, 2.24) is 14.4 Å². The van der Waals surface area contributed by atoms with Crippen molar-refractivity contribution in [2.75, 3.05) is 31.5 Å². The summed E-state index contributed by atoms with van der Waals surface area (Å²) >= 11 is 0. The fraction of sp³-hybridized carbons (Fsp3) is 0.364. The third kappa shape index (κ3) is 5.14. The molecule has 0 bridgehead atoms. The van der Waals surface area contributed by atoms with Crippen molar-refractivity contribution < 1.29 is 14.4 Å². The summed E-state index contributed by atoms with van der Waals surface area (Å²) in [5.74, 6) is -0.335. The van der Waals surface area contributed by atoms with Crippen LogP contribution in [0.25, 0.3) is 0 Å². The van der Waals surface area contributed by atoms with E-state index in [1.807, 2.05) is 6.92 Å². The summed E-state index contributed by atoms with van der Waals surface area (Å²) in [5.41, 5.74) is 1.76. The smallest absolute Gasteiger partial charge is 0.254 e. The Bertz CT molecular complexity index is 1010. The minimum absolute atomic E-state index is 0.0141. The molecule has 8 nitrogen and oxygen atoms in total. The molecule has 1 aliphatic rings. The predicted octanol–water partition coefficient (Wildman–Crippen LogP) is 1.49. The van der Waals surface area contributed by atoms with Crippen molar-refractivity contribution in [2.45, 2.75) is 26.8 Å². The number of nitrogens with zero attached hydrogens (tertiary/aromatic N) is 3. The topological polar surface area (TPSA) is 91.7 Å². The number of piperazine rings is 1. The van der Waals surface area contributed by atoms with Gasteiger partial charge >= 0.3 is 0 Å². The van der Waals surface area contributed by atoms with Crippen LogP contribution in [0.15, 0.2) is 47.4 Å². The molecule has 0 unspecified atom stereocenters. The highest BCUT2D eigenvalue weighted by molar-refractivity contribution is 5.98. The molecule has 0 radical (unpaired) electrons. The third-order valence-corrected chi connectivity index (χ3v) is 5.25. The van der Waals surface area contributed by atoms with E-state index in [1.165, 1.54) is 17.6 Å². The van der Waals surface area contributed by atoms with Gasteiger partial charge < -0.3 is 19.7 Å². The standard InChI is InChI=1S/C22H26N4O4/c1-16-6-7-18(22(30)26-13-11-24(12-14-26)17(2)27)15-19(16)23-20(28)8-10-25-9-4-3-5-21(25)29/h3-7,9,15H,8,10-14H2,1-2H3,(H,23,28). The fourth-order valence-corrected chi connectivity index (χ4v) is 3.38. The van der Waals surface area contributed by atoms with E-state index in [-0.39, 0.29) is 36.2 Å². The summed E-state index contributed by atoms with van der Waals surface area (Å²) in [5, 5.41) is 2.84. The van der Waals surface area contributed by atoms with Crippen LogP contribution in [0.4, 0.5) is 5.69 Å². The van der Waals surface area contributed by atoms with Gasteiger partial charge in [-0.1, -0.05) is 12.1 Å². The molecule has 1 fully saturated rings. The maximum atomic E-state index is 12.8. The normalized spacial score (nSPS) is 13.8. The van der Waals surface area contributed by atoms with Crippen LogP contribution >= 0.6 is 0 Å². The van der Waals surface area contributed by atoms with E-state index in [9.17, 15) is 19.2 Å². The van der Waals surface area contributed by atoms with Crippen molar-refractivity contribution in [1.29, 1.82) is 0 Å². The minimum Gasteiger partial charge on any atom is -0.339 e. The van der Waals surface area contributed by atoms with E-state index in [0.29, 0.717) is 37.4 Å². The van der Waals surface area contributed by atoms with E-state index >= 15 is 0 Å². The van der Waals surface area contributed by atoms with Crippen molar-refractivity contribution >= 4 is 23.4 Å². The van der Waals surface area contributed by atoms with Gasteiger partial charge in [0.2, 0.25) is 11.8 Å². The highest BCUT2D eigenvalue weighted by Gasteiger charge is 2.23. The van der Waals surface area contributed by atoms with Gasteiger partial charge in [0.05, 0.1) is 0 Å². The molecule has 1 aliphatic heterocycles. The Balaban J connectivity index is 1.62. The van der Waals surface area contributed by atoms with Gasteiger partial charge in [0.25, 0.3) is 11.5 Å². The lowest BCUT2D eigenvalue weighted by atomic mass is 10.1. The molecule has 0 spiro atoms. The summed E-state index contributed by atoms with van der Waals surface area (Å²) in [4.78, 5) is 51.9. The monoisotopic (exact) mass is 410 g/mol. The van der Waals surface area contributed by atoms with Gasteiger partial charge in [0.15, 0.2) is 0 Å². The molecule has 3 amide bonds. The van der Waals surface area contributed by atoms with E-state index in [2.05, 4.69) is 5.32 Å². The average Bonchev–Trinajstić information content (AvgIpc) is 2.74. The van der Waals surface area contributed by atoms with Gasteiger partial charge in [0, 0.05) is 69.6 Å². The molecule has 0 atom stereocenters. The number of amides is 3. The largest absolute Gasteiger partial charge is 0.339 e. The second kappa shape index (κ2) is 9.39. The maximum Gasteiger partial charge on any atom is 0.254 e. The summed E-state index contributed by atoms with van der Waals surface area (Å²) < 4.78 is 1.48. The van der Waals surface area contributed by atoms with Crippen LogP contribution < -0.4 is 10.9 Å². The molecule has 30 heavy (non-hydrogen) atoms. The SMILES string of the molecule is CC(=O)N1CCN(C(=O)c2ccc(C)c(NC(=O)CCn3ccccc3=O)c2)CC1. The van der Waals surface area contributed by atoms with E-state index < -0.39 is 0 Å². The molecule has 2 heterocycles. The number of hydrogen-bond acceptors (Lipinski definition) is 4. The van der Waals surface area contributed by atoms with E-state index in [0.717, 1.165) is 5.56 Å². The first-order valence-corrected chi connectivity index (χ1v) is 9.96. The molecule has 2 aromatic rings. The number of aryl methyl sites for hydroxylation is 2. The molecule has 1 N–H and O–H groups in total. The minimum atomic E-state index is -0.228. The molecule has 3 rings (SSSR count). The number of nitrogens with one attached hydrogen (secondary N) is 1. The lowest BCUT2D eigenvalue weighted by Gasteiger charge is -2.34. The number of pyridine rings is 1. The second-order valence-electron chi connectivity index (χ2n) is 7.36. The Labute approximate surface area is 175 Å². The second-order valence-corrected chi connectivity index (χ2v) is 7.36. The highest BCUT2D eigenvalue weighted by atomic mass is 16.2. The van der Waals surface area contributed by atoms with E-state index in [4.69, 9.17) is 0 Å². The zero-order valence-electron chi connectivity index (χ0n) is 17.3. The first-order chi connectivity index (χ1) is 14.3. The number of aromatic nitrogens is 1. The van der Waals surface area contributed by atoms with Gasteiger partial charge in [-0.15, -0.1) is 0 Å². The Morgan fingerprint density at radius 3 is 2.37 bits per heavy atom. The fourth-order valence-electron chi connectivity index (χ4n) is 3.38. The summed E-state index contributed by atoms with van der Waals surface area (Å²) in [6, 6.07) is 10.1. The third-order valence-electron chi connectivity index (χ3n) is 5.25. The van der Waals surface area contributed by atoms with Crippen LogP contribution in [0.5, 0.6) is 0 Å². The molecule has 1 aromatic heterocycles. The van der Waals surface area contributed by atoms with Gasteiger partial charge in [-0.3, -0.25) is 19.2 Å². The Kier molecular flexibility index (Phi) is 6.66. The van der Waals surface area contributed by atoms with Gasteiger partial charge in [-0.05, 0) is 30.7 Å². The molecule has 0 aliphatic carbocycles. The number of carbonyl (C=O) groups is 3. The van der Waals surface area contributed by atoms with E-state index in [1.54, 1.807) is 46.3 Å². The molecular weight excluding hydrogens is 384 g/mol. The van der Waals surface area contributed by atoms with Crippen LogP contribution in [-0.4, -0.2) is 58.3 Å². The van der Waals surface area contributed by atoms with Gasteiger partial charge in [-0.25, -0.2) is 0 Å². The van der Waals surface area contributed by atoms with Crippen LogP contribution in [0.3, 0.4) is 0 Å². The van der Waals surface area contributed by atoms with Crippen LogP contribution in [0.2, 0.25) is 0 Å². The number of benzene rings is 1. The molecule has 158 valence electrons. The van der Waals surface area contributed by atoms with Crippen LogP contribution in [-0.2, 0) is 16.1 Å². The zero-order chi connectivity index (χ0) is 21.7. The number of rotatable bonds is 5. The lowest BCUT2D eigenvalue weighted by Crippen LogP contribution is -2.50. The molecule has 8 heteroatoms. The van der Waals surface area contributed by atoms with Crippen LogP contribution in [0.1, 0.15) is 29.3 Å². The van der Waals surface area contributed by atoms with Crippen molar-refractivity contribution in [3.8, 4) is 0 Å². The maximum absolute atomic E-state index is 12.8. The summed E-state index contributed by atoms with van der Waals surface area (Å²) in [7, 11) is 0. The highest BCUT2D eigenvalue weighted by Crippen LogP contribution is 2.19. The Morgan fingerprint density at radius 1 is 1.00 bits per heavy atom. The van der Waals surface area contributed by atoms with Crippen molar-refractivity contribution in [3.63, 3.8) is 0 Å². The average molecular weight is 410 g/mol. The Morgan fingerprint density at radius 2 is 1.70 bits per heavy atom. The van der Waals surface area contributed by atoms with Crippen molar-refractivity contribution in [3.05, 3.63) is 64.1 Å². The van der Waals surface area contributed by atoms with Crippen LogP contribution in [0, 0.1) is 6.92 Å². The molecule has 1 saturated heterocycles. The van der Waals surface area contributed by atoms with Crippen molar-refractivity contribution in [2.24, 2.45) is 0 Å². The molecule has 0 saturated carbocycles. The number of anilines is 1. The zero-order valence-corrected chi connectivity index (χ0v) is 17.3. The summed E-state index contributed by atoms with van der Waals surface area (Å²) in [6.07, 6.45) is 1.79. The summed E-state index contributed by atoms with van der Waals surface area (Å²) in [6.45, 7) is 5.69. The first-order valence-electron chi connectivity index (χ1n) is 9.96. The Hall–Kier alpha value is -3.42. The molecule has 1 aromatic carbocycles. The van der Waals surface area contributed by atoms with Gasteiger partial charge in [-0.2, -0.15) is 0 Å². The number of hydrogen-bond donors (Lipinski definition) is 1. The first kappa shape index (κ1) is 21.3. The lowest BCUT2D eigenvalue weighted by molar-refractivity contribution is -0.130.